The van der Waals surface area contributed by atoms with Gasteiger partial charge in [0.25, 0.3) is 0 Å². The average molecular weight is 323 g/mol. The van der Waals surface area contributed by atoms with Gasteiger partial charge in [0.15, 0.2) is 6.29 Å². The van der Waals surface area contributed by atoms with Crippen LogP contribution >= 0.6 is 15.9 Å². The lowest BCUT2D eigenvalue weighted by Gasteiger charge is -2.17. The van der Waals surface area contributed by atoms with Gasteiger partial charge in [-0.05, 0) is 48.9 Å². The third kappa shape index (κ3) is 8.44. The first kappa shape index (κ1) is 17.4. The van der Waals surface area contributed by atoms with Gasteiger partial charge in [-0.2, -0.15) is 0 Å². The second-order valence-corrected chi connectivity index (χ2v) is 4.20. The normalized spacial score (nSPS) is 13.0. The summed E-state index contributed by atoms with van der Waals surface area (Å²) >= 11 is 3.04. The van der Waals surface area contributed by atoms with E-state index < -0.39 is 5.83 Å². The molecule has 0 saturated carbocycles. The van der Waals surface area contributed by atoms with Crippen LogP contribution in [0.5, 0.6) is 0 Å². The van der Waals surface area contributed by atoms with Gasteiger partial charge in [-0.25, -0.2) is 4.39 Å². The van der Waals surface area contributed by atoms with E-state index >= 15 is 0 Å². The summed E-state index contributed by atoms with van der Waals surface area (Å²) in [5.74, 6) is 0.109. The fraction of sp³-hybridized carbons (Fsp3) is 0.538. The molecule has 0 rings (SSSR count). The number of hydrogen-bond donors (Lipinski definition) is 0. The van der Waals surface area contributed by atoms with Crippen LogP contribution in [-0.2, 0) is 14.2 Å². The second kappa shape index (κ2) is 10.3. The molecule has 0 atom stereocenters. The zero-order chi connectivity index (χ0) is 14.0. The molecule has 5 heteroatoms. The van der Waals surface area contributed by atoms with Gasteiger partial charge in [-0.3, -0.25) is 0 Å². The highest BCUT2D eigenvalue weighted by Crippen LogP contribution is 2.16. The van der Waals surface area contributed by atoms with Gasteiger partial charge >= 0.3 is 0 Å². The first-order valence-corrected chi connectivity index (χ1v) is 6.55. The van der Waals surface area contributed by atoms with Gasteiger partial charge in [0.1, 0.15) is 12.4 Å². The van der Waals surface area contributed by atoms with Crippen molar-refractivity contribution in [3.63, 3.8) is 0 Å². The third-order valence-electron chi connectivity index (χ3n) is 1.88. The molecule has 0 fully saturated rings. The second-order valence-electron chi connectivity index (χ2n) is 3.35. The van der Waals surface area contributed by atoms with E-state index in [0.29, 0.717) is 25.6 Å². The summed E-state index contributed by atoms with van der Waals surface area (Å²) in [5, 5.41) is 0. The maximum atomic E-state index is 12.6. The Labute approximate surface area is 116 Å². The molecule has 0 bridgehead atoms. The van der Waals surface area contributed by atoms with Gasteiger partial charge < -0.3 is 14.2 Å². The number of ether oxygens (including phenoxy) is 3. The molecule has 0 aromatic carbocycles. The van der Waals surface area contributed by atoms with Crippen LogP contribution in [0.3, 0.4) is 0 Å². The van der Waals surface area contributed by atoms with Crippen LogP contribution < -0.4 is 0 Å². The van der Waals surface area contributed by atoms with Gasteiger partial charge in [-0.15, -0.1) is 0 Å². The molecule has 0 radical (unpaired) electrons. The molecule has 0 aliphatic heterocycles. The summed E-state index contributed by atoms with van der Waals surface area (Å²) in [5.41, 5.74) is 0. The Morgan fingerprint density at radius 2 is 1.83 bits per heavy atom. The first-order chi connectivity index (χ1) is 8.51. The summed E-state index contributed by atoms with van der Waals surface area (Å²) in [7, 11) is 0. The fourth-order valence-corrected chi connectivity index (χ4v) is 1.18. The maximum Gasteiger partial charge on any atom is 0.191 e. The quantitative estimate of drug-likeness (QED) is 0.364. The number of halogens is 2. The lowest BCUT2D eigenvalue weighted by atomic mass is 10.4. The SMILES string of the molecule is C=C(F)/C(Br)=C\C=C(/C)OCC(OCC)OCC. The topological polar surface area (TPSA) is 27.7 Å². The monoisotopic (exact) mass is 322 g/mol. The zero-order valence-corrected chi connectivity index (χ0v) is 12.6. The van der Waals surface area contributed by atoms with Crippen LogP contribution in [0.2, 0.25) is 0 Å². The van der Waals surface area contributed by atoms with Crippen LogP contribution in [0.4, 0.5) is 4.39 Å². The Morgan fingerprint density at radius 3 is 2.28 bits per heavy atom. The molecule has 3 nitrogen and oxygen atoms in total. The maximum absolute atomic E-state index is 12.6. The number of rotatable bonds is 9. The van der Waals surface area contributed by atoms with E-state index in [-0.39, 0.29) is 10.8 Å². The molecule has 18 heavy (non-hydrogen) atoms. The summed E-state index contributed by atoms with van der Waals surface area (Å²) in [4.78, 5) is 0. The standard InChI is InChI=1S/C13H20BrFO3/c1-5-16-13(17-6-2)9-18-10(3)7-8-12(14)11(4)15/h7-8,13H,4-6,9H2,1-3H3/b10-7+,12-8+. The lowest BCUT2D eigenvalue weighted by molar-refractivity contribution is -0.160. The van der Waals surface area contributed by atoms with Crippen LogP contribution in [-0.4, -0.2) is 26.1 Å². The molecule has 0 saturated heterocycles. The minimum Gasteiger partial charge on any atom is -0.493 e. The molecule has 0 aromatic rings. The van der Waals surface area contributed by atoms with Gasteiger partial charge in [0, 0.05) is 13.2 Å². The van der Waals surface area contributed by atoms with Crippen molar-refractivity contribution in [3.05, 3.63) is 34.8 Å². The van der Waals surface area contributed by atoms with Crippen molar-refractivity contribution in [3.8, 4) is 0 Å². The summed E-state index contributed by atoms with van der Waals surface area (Å²) in [6.45, 7) is 10.1. The smallest absolute Gasteiger partial charge is 0.191 e. The van der Waals surface area contributed by atoms with Gasteiger partial charge in [0.2, 0.25) is 0 Å². The molecular formula is C13H20BrFO3. The average Bonchev–Trinajstić information content (AvgIpc) is 2.33. The summed E-state index contributed by atoms with van der Waals surface area (Å²) < 4.78 is 29.0. The van der Waals surface area contributed by atoms with Crippen molar-refractivity contribution in [2.45, 2.75) is 27.1 Å². The Bertz CT molecular complexity index is 307. The van der Waals surface area contributed by atoms with Crippen molar-refractivity contribution < 1.29 is 18.6 Å². The molecule has 0 amide bonds. The fourth-order valence-electron chi connectivity index (χ4n) is 1.04. The van der Waals surface area contributed by atoms with E-state index in [4.69, 9.17) is 14.2 Å². The molecule has 104 valence electrons. The Morgan fingerprint density at radius 1 is 1.28 bits per heavy atom. The molecule has 0 aromatic heterocycles. The van der Waals surface area contributed by atoms with Gasteiger partial charge in [-0.1, -0.05) is 6.58 Å². The van der Waals surface area contributed by atoms with Crippen molar-refractivity contribution in [2.24, 2.45) is 0 Å². The highest BCUT2D eigenvalue weighted by molar-refractivity contribution is 9.11. The minimum atomic E-state index is -0.527. The van der Waals surface area contributed by atoms with E-state index in [0.717, 1.165) is 0 Å². The van der Waals surface area contributed by atoms with E-state index in [1.165, 1.54) is 6.08 Å². The molecular weight excluding hydrogens is 303 g/mol. The molecule has 0 spiro atoms. The van der Waals surface area contributed by atoms with E-state index in [9.17, 15) is 4.39 Å². The Balaban J connectivity index is 4.21. The van der Waals surface area contributed by atoms with Gasteiger partial charge in [0.05, 0.1) is 10.2 Å². The van der Waals surface area contributed by atoms with Crippen LogP contribution in [0.1, 0.15) is 20.8 Å². The van der Waals surface area contributed by atoms with E-state index in [2.05, 4.69) is 22.5 Å². The molecule has 0 aliphatic rings. The van der Waals surface area contributed by atoms with Crippen molar-refractivity contribution in [1.82, 2.24) is 0 Å². The lowest BCUT2D eigenvalue weighted by Crippen LogP contribution is -2.23. The third-order valence-corrected chi connectivity index (χ3v) is 2.57. The zero-order valence-electron chi connectivity index (χ0n) is 11.0. The minimum absolute atomic E-state index is 0.289. The van der Waals surface area contributed by atoms with Crippen LogP contribution in [0.25, 0.3) is 0 Å². The van der Waals surface area contributed by atoms with E-state index in [1.807, 2.05) is 13.8 Å². The highest BCUT2D eigenvalue weighted by Gasteiger charge is 2.08. The van der Waals surface area contributed by atoms with Crippen molar-refractivity contribution in [2.75, 3.05) is 19.8 Å². The Hall–Kier alpha value is -0.650. The van der Waals surface area contributed by atoms with Crippen molar-refractivity contribution in [1.29, 1.82) is 0 Å². The number of allylic oxidation sites excluding steroid dienone is 5. The summed E-state index contributed by atoms with van der Waals surface area (Å²) in [6.07, 6.45) is 2.80. The van der Waals surface area contributed by atoms with E-state index in [1.54, 1.807) is 13.0 Å². The number of hydrogen-bond acceptors (Lipinski definition) is 3. The highest BCUT2D eigenvalue weighted by atomic mass is 79.9. The molecule has 0 unspecified atom stereocenters. The molecule has 0 aliphatic carbocycles. The largest absolute Gasteiger partial charge is 0.493 e. The Kier molecular flexibility index (Phi) is 9.92. The first-order valence-electron chi connectivity index (χ1n) is 5.76. The predicted octanol–water partition coefficient (Wildman–Crippen LogP) is 4.07. The van der Waals surface area contributed by atoms with Crippen LogP contribution in [0, 0.1) is 0 Å². The summed E-state index contributed by atoms with van der Waals surface area (Å²) in [6, 6.07) is 0. The van der Waals surface area contributed by atoms with Crippen LogP contribution in [0.15, 0.2) is 34.8 Å². The molecule has 0 N–H and O–H groups in total. The van der Waals surface area contributed by atoms with Crippen molar-refractivity contribution >= 4 is 15.9 Å². The predicted molar refractivity (Wildman–Crippen MR) is 74.0 cm³/mol. The molecule has 0 heterocycles.